The van der Waals surface area contributed by atoms with Crippen LogP contribution in [0.5, 0.6) is 5.75 Å². The number of rotatable bonds is 6. The molecule has 2 N–H and O–H groups in total. The molecule has 140 valence electrons. The van der Waals surface area contributed by atoms with Crippen molar-refractivity contribution in [3.05, 3.63) is 42.0 Å². The van der Waals surface area contributed by atoms with Crippen molar-refractivity contribution in [2.24, 2.45) is 4.99 Å². The third-order valence-electron chi connectivity index (χ3n) is 4.22. The van der Waals surface area contributed by atoms with E-state index in [1.54, 1.807) is 0 Å². The molecule has 7 nitrogen and oxygen atoms in total. The molecule has 0 radical (unpaired) electrons. The molecule has 1 aromatic heterocycles. The van der Waals surface area contributed by atoms with Gasteiger partial charge in [-0.15, -0.1) is 0 Å². The minimum absolute atomic E-state index is 0.00916. The Morgan fingerprint density at radius 3 is 2.96 bits per heavy atom. The Morgan fingerprint density at radius 2 is 2.19 bits per heavy atom. The van der Waals surface area contributed by atoms with Crippen LogP contribution in [-0.2, 0) is 6.54 Å². The van der Waals surface area contributed by atoms with Gasteiger partial charge in [-0.25, -0.2) is 14.7 Å². The molecule has 1 aromatic carbocycles. The van der Waals surface area contributed by atoms with E-state index in [4.69, 9.17) is 9.73 Å². The Kier molecular flexibility index (Phi) is 6.09. The fourth-order valence-electron chi connectivity index (χ4n) is 3.08. The first-order valence-electron chi connectivity index (χ1n) is 9.33. The number of nitrogens with one attached hydrogen (secondary N) is 2. The summed E-state index contributed by atoms with van der Waals surface area (Å²) in [7, 11) is 0. The van der Waals surface area contributed by atoms with Gasteiger partial charge in [0.1, 0.15) is 23.5 Å². The van der Waals surface area contributed by atoms with Crippen molar-refractivity contribution in [3.8, 4) is 5.75 Å². The summed E-state index contributed by atoms with van der Waals surface area (Å²) in [5.74, 6) is 3.47. The van der Waals surface area contributed by atoms with E-state index in [2.05, 4.69) is 27.6 Å². The van der Waals surface area contributed by atoms with Crippen LogP contribution >= 0.6 is 0 Å². The quantitative estimate of drug-likeness (QED) is 0.614. The molecule has 1 aliphatic rings. The van der Waals surface area contributed by atoms with Crippen molar-refractivity contribution in [1.82, 2.24) is 25.4 Å². The number of hydrogen-bond acceptors (Lipinski definition) is 4. The van der Waals surface area contributed by atoms with Gasteiger partial charge in [-0.3, -0.25) is 0 Å². The molecule has 3 rings (SSSR count). The Labute approximate surface area is 154 Å². The number of hydrogen-bond donors (Lipinski definition) is 2. The number of nitrogens with zero attached hydrogens (tertiary/aromatic N) is 4. The first kappa shape index (κ1) is 18.2. The van der Waals surface area contributed by atoms with Crippen molar-refractivity contribution in [2.75, 3.05) is 13.1 Å². The minimum atomic E-state index is -0.00916. The van der Waals surface area contributed by atoms with Crippen LogP contribution in [0.3, 0.4) is 0 Å². The van der Waals surface area contributed by atoms with E-state index in [9.17, 15) is 0 Å². The number of benzene rings is 1. The predicted molar refractivity (Wildman–Crippen MR) is 102 cm³/mol. The van der Waals surface area contributed by atoms with Gasteiger partial charge in [-0.05, 0) is 45.7 Å². The first-order chi connectivity index (χ1) is 12.7. The van der Waals surface area contributed by atoms with Gasteiger partial charge < -0.3 is 15.4 Å². The van der Waals surface area contributed by atoms with Crippen LogP contribution < -0.4 is 15.4 Å². The first-order valence-corrected chi connectivity index (χ1v) is 9.33. The van der Waals surface area contributed by atoms with Crippen molar-refractivity contribution in [3.63, 3.8) is 0 Å². The number of guanidine groups is 1. The molecule has 0 saturated carbocycles. The number of ether oxygens (including phenoxy) is 1. The molecule has 0 amide bonds. The lowest BCUT2D eigenvalue weighted by Crippen LogP contribution is -2.42. The van der Waals surface area contributed by atoms with E-state index in [1.165, 1.54) is 0 Å². The zero-order valence-electron chi connectivity index (χ0n) is 15.8. The lowest BCUT2D eigenvalue weighted by atomic mass is 10.1. The molecule has 0 bridgehead atoms. The number of aliphatic imine (C=N–C) groups is 1. The normalized spacial score (nSPS) is 18.1. The van der Waals surface area contributed by atoms with E-state index >= 15 is 0 Å². The summed E-state index contributed by atoms with van der Waals surface area (Å²) in [6.45, 7) is 8.34. The van der Waals surface area contributed by atoms with Crippen molar-refractivity contribution < 1.29 is 4.74 Å². The highest BCUT2D eigenvalue weighted by atomic mass is 16.5. The van der Waals surface area contributed by atoms with Crippen molar-refractivity contribution in [1.29, 1.82) is 0 Å². The second-order valence-electron chi connectivity index (χ2n) is 6.54. The van der Waals surface area contributed by atoms with Crippen LogP contribution in [0.1, 0.15) is 44.4 Å². The lowest BCUT2D eigenvalue weighted by Gasteiger charge is -2.25. The molecular formula is C19H28N6O. The molecule has 0 saturated heterocycles. The summed E-state index contributed by atoms with van der Waals surface area (Å²) in [6.07, 6.45) is 2.10. The van der Waals surface area contributed by atoms with Gasteiger partial charge in [-0.2, -0.15) is 5.10 Å². The van der Waals surface area contributed by atoms with E-state index in [-0.39, 0.29) is 12.1 Å². The van der Waals surface area contributed by atoms with Gasteiger partial charge in [0, 0.05) is 13.1 Å². The topological polar surface area (TPSA) is 76.4 Å². The zero-order valence-corrected chi connectivity index (χ0v) is 15.8. The van der Waals surface area contributed by atoms with Crippen molar-refractivity contribution in [2.45, 2.75) is 52.3 Å². The highest BCUT2D eigenvalue weighted by Gasteiger charge is 2.24. The standard InChI is InChI=1S/C19H28N6O/c1-4-20-19(21-13-14(2)26-16-9-6-5-7-10-16)23-17-11-8-12-25-18(17)22-15(3)24-25/h5-7,9-10,14,17H,4,8,11-13H2,1-3H3,(H2,20,21,23). The van der Waals surface area contributed by atoms with Gasteiger partial charge >= 0.3 is 0 Å². The maximum atomic E-state index is 5.90. The molecule has 0 spiro atoms. The smallest absolute Gasteiger partial charge is 0.191 e. The Balaban J connectivity index is 1.62. The largest absolute Gasteiger partial charge is 0.489 e. The number of para-hydroxylation sites is 1. The number of fused-ring (bicyclic) bond motifs is 1. The summed E-state index contributed by atoms with van der Waals surface area (Å²) >= 11 is 0. The van der Waals surface area contributed by atoms with Gasteiger partial charge in [0.25, 0.3) is 0 Å². The van der Waals surface area contributed by atoms with Gasteiger partial charge in [0.2, 0.25) is 0 Å². The van der Waals surface area contributed by atoms with Crippen LogP contribution in [-0.4, -0.2) is 39.9 Å². The average molecular weight is 356 g/mol. The predicted octanol–water partition coefficient (Wildman–Crippen LogP) is 2.44. The SMILES string of the molecule is CCNC(=NCC(C)Oc1ccccc1)NC1CCCn2nc(C)nc21. The van der Waals surface area contributed by atoms with Crippen molar-refractivity contribution >= 4 is 5.96 Å². The maximum absolute atomic E-state index is 5.90. The molecule has 2 heterocycles. The molecule has 2 atom stereocenters. The highest BCUT2D eigenvalue weighted by Crippen LogP contribution is 2.22. The lowest BCUT2D eigenvalue weighted by molar-refractivity contribution is 0.230. The van der Waals surface area contributed by atoms with E-state index in [0.29, 0.717) is 6.54 Å². The highest BCUT2D eigenvalue weighted by molar-refractivity contribution is 5.80. The molecule has 0 fully saturated rings. The summed E-state index contributed by atoms with van der Waals surface area (Å²) in [5.41, 5.74) is 0. The minimum Gasteiger partial charge on any atom is -0.489 e. The summed E-state index contributed by atoms with van der Waals surface area (Å²) < 4.78 is 7.90. The fourth-order valence-corrected chi connectivity index (χ4v) is 3.08. The molecule has 2 aromatic rings. The zero-order chi connectivity index (χ0) is 18.4. The maximum Gasteiger partial charge on any atom is 0.191 e. The van der Waals surface area contributed by atoms with Gasteiger partial charge in [0.05, 0.1) is 12.6 Å². The third kappa shape index (κ3) is 4.74. The van der Waals surface area contributed by atoms with E-state index in [1.807, 2.05) is 48.9 Å². The summed E-state index contributed by atoms with van der Waals surface area (Å²) in [6, 6.07) is 9.97. The van der Waals surface area contributed by atoms with E-state index < -0.39 is 0 Å². The number of aryl methyl sites for hydroxylation is 2. The average Bonchev–Trinajstić information content (AvgIpc) is 3.02. The van der Waals surface area contributed by atoms with Crippen LogP contribution in [0.25, 0.3) is 0 Å². The summed E-state index contributed by atoms with van der Waals surface area (Å²) in [5, 5.41) is 11.3. The van der Waals surface area contributed by atoms with E-state index in [0.717, 1.165) is 49.3 Å². The Bertz CT molecular complexity index is 727. The molecule has 0 aliphatic carbocycles. The number of aromatic nitrogens is 3. The monoisotopic (exact) mass is 356 g/mol. The molecular weight excluding hydrogens is 328 g/mol. The van der Waals surface area contributed by atoms with Crippen LogP contribution in [0.2, 0.25) is 0 Å². The van der Waals surface area contributed by atoms with Crippen LogP contribution in [0.4, 0.5) is 0 Å². The molecule has 1 aliphatic heterocycles. The molecule has 26 heavy (non-hydrogen) atoms. The van der Waals surface area contributed by atoms with Crippen LogP contribution in [0, 0.1) is 6.92 Å². The fraction of sp³-hybridized carbons (Fsp3) is 0.526. The van der Waals surface area contributed by atoms with Gasteiger partial charge in [-0.1, -0.05) is 18.2 Å². The second kappa shape index (κ2) is 8.69. The Hall–Kier alpha value is -2.57. The van der Waals surface area contributed by atoms with Crippen LogP contribution in [0.15, 0.2) is 35.3 Å². The van der Waals surface area contributed by atoms with Gasteiger partial charge in [0.15, 0.2) is 5.96 Å². The Morgan fingerprint density at radius 1 is 1.38 bits per heavy atom. The third-order valence-corrected chi connectivity index (χ3v) is 4.22. The molecule has 7 heteroatoms. The second-order valence-corrected chi connectivity index (χ2v) is 6.54. The molecule has 2 unspecified atom stereocenters. The summed E-state index contributed by atoms with van der Waals surface area (Å²) in [4.78, 5) is 9.27.